The molecule has 7 nitrogen and oxygen atoms in total. The van der Waals surface area contributed by atoms with Crippen molar-refractivity contribution >= 4 is 34.3 Å². The summed E-state index contributed by atoms with van der Waals surface area (Å²) in [6.45, 7) is 0.841. The average Bonchev–Trinajstić information content (AvgIpc) is 2.87. The first-order valence-corrected chi connectivity index (χ1v) is 12.7. The smallest absolute Gasteiger partial charge is 0.234 e. The predicted octanol–water partition coefficient (Wildman–Crippen LogP) is 4.19. The number of methoxy groups -OCH3 is 1. The van der Waals surface area contributed by atoms with Crippen LogP contribution in [0.25, 0.3) is 10.9 Å². The molecule has 1 amide bonds. The van der Waals surface area contributed by atoms with Crippen LogP contribution in [0, 0.1) is 5.82 Å². The monoisotopic (exact) mass is 497 g/mol. The Hall–Kier alpha value is -2.72. The van der Waals surface area contributed by atoms with Gasteiger partial charge in [-0.3, -0.25) is 9.78 Å². The summed E-state index contributed by atoms with van der Waals surface area (Å²) in [5, 5.41) is 18.0. The number of carbonyl (C=O) groups is 1. The number of aliphatic hydroxyl groups excluding tert-OH is 1. The Kier molecular flexibility index (Phi) is 7.19. The number of aromatic nitrogens is 1. The Bertz CT molecular complexity index is 1230. The van der Waals surface area contributed by atoms with Crippen molar-refractivity contribution in [2.45, 2.75) is 49.0 Å². The fraction of sp³-hybridized carbons (Fsp3) is 0.385. The lowest BCUT2D eigenvalue weighted by atomic mass is 9.95. The van der Waals surface area contributed by atoms with Crippen LogP contribution in [-0.4, -0.2) is 47.6 Å². The van der Waals surface area contributed by atoms with Crippen molar-refractivity contribution < 1.29 is 23.8 Å². The summed E-state index contributed by atoms with van der Waals surface area (Å²) in [6.07, 6.45) is 3.10. The topological polar surface area (TPSA) is 92.7 Å². The molecule has 35 heavy (non-hydrogen) atoms. The van der Waals surface area contributed by atoms with Crippen LogP contribution < -0.4 is 15.4 Å². The summed E-state index contributed by atoms with van der Waals surface area (Å²) in [6, 6.07) is 10.8. The van der Waals surface area contributed by atoms with Gasteiger partial charge in [0.05, 0.1) is 42.9 Å². The standard InChI is InChI=1S/C26H28FN3O4S/c1-33-17-4-5-22-20(9-17)19(6-7-28-22)24(31)10-18-3-2-16(13-34-18)29-12-15-8-23-25(11-21(15)27)35-14-26(32)30-23/h4-9,11,16,18,24,29,31H,2-3,10,12-14H2,1H3,(H,30,32)/t16-,18+,24?/m1/s1. The van der Waals surface area contributed by atoms with Gasteiger partial charge in [-0.15, -0.1) is 11.8 Å². The number of aliphatic hydroxyl groups is 1. The van der Waals surface area contributed by atoms with Crippen LogP contribution in [-0.2, 0) is 16.1 Å². The van der Waals surface area contributed by atoms with E-state index < -0.39 is 6.10 Å². The minimum Gasteiger partial charge on any atom is -0.497 e. The number of hydrogen-bond donors (Lipinski definition) is 3. The maximum atomic E-state index is 14.5. The zero-order valence-corrected chi connectivity index (χ0v) is 20.2. The number of nitrogens with zero attached hydrogens (tertiary/aromatic N) is 1. The molecule has 184 valence electrons. The van der Waals surface area contributed by atoms with Crippen molar-refractivity contribution in [1.82, 2.24) is 10.3 Å². The van der Waals surface area contributed by atoms with Gasteiger partial charge in [0.15, 0.2) is 0 Å². The van der Waals surface area contributed by atoms with Crippen LogP contribution in [0.1, 0.15) is 36.5 Å². The Morgan fingerprint density at radius 3 is 3.00 bits per heavy atom. The number of rotatable bonds is 7. The van der Waals surface area contributed by atoms with E-state index in [9.17, 15) is 14.3 Å². The zero-order valence-electron chi connectivity index (χ0n) is 19.4. The highest BCUT2D eigenvalue weighted by Gasteiger charge is 2.26. The second-order valence-corrected chi connectivity index (χ2v) is 9.94. The molecule has 1 fully saturated rings. The van der Waals surface area contributed by atoms with E-state index in [0.29, 0.717) is 36.6 Å². The molecule has 0 bridgehead atoms. The molecular weight excluding hydrogens is 469 g/mol. The Morgan fingerprint density at radius 1 is 1.31 bits per heavy atom. The minimum absolute atomic E-state index is 0.0652. The first-order valence-electron chi connectivity index (χ1n) is 11.7. The lowest BCUT2D eigenvalue weighted by molar-refractivity contribution is -0.113. The van der Waals surface area contributed by atoms with Crippen molar-refractivity contribution in [2.24, 2.45) is 0 Å². The molecule has 1 saturated heterocycles. The van der Waals surface area contributed by atoms with Crippen LogP contribution in [0.2, 0.25) is 0 Å². The molecule has 2 aliphatic rings. The third kappa shape index (κ3) is 5.43. The summed E-state index contributed by atoms with van der Waals surface area (Å²) in [4.78, 5) is 16.8. The third-order valence-electron chi connectivity index (χ3n) is 6.56. The SMILES string of the molecule is COc1ccc2nccc(C(O)C[C@@H]3CC[C@@H](NCc4cc5c(cc4F)SCC(=O)N5)CO3)c2c1. The van der Waals surface area contributed by atoms with Gasteiger partial charge in [-0.25, -0.2) is 4.39 Å². The summed E-state index contributed by atoms with van der Waals surface area (Å²) in [7, 11) is 1.62. The van der Waals surface area contributed by atoms with E-state index in [1.807, 2.05) is 24.3 Å². The summed E-state index contributed by atoms with van der Waals surface area (Å²) < 4.78 is 25.9. The minimum atomic E-state index is -0.681. The molecule has 3 heterocycles. The fourth-order valence-corrected chi connectivity index (χ4v) is 5.44. The number of ether oxygens (including phenoxy) is 2. The van der Waals surface area contributed by atoms with Crippen molar-refractivity contribution in [1.29, 1.82) is 0 Å². The zero-order chi connectivity index (χ0) is 24.4. The van der Waals surface area contributed by atoms with Gasteiger partial charge < -0.3 is 25.2 Å². The number of halogens is 1. The maximum absolute atomic E-state index is 14.5. The number of pyridine rings is 1. The molecule has 3 atom stereocenters. The molecule has 0 radical (unpaired) electrons. The van der Waals surface area contributed by atoms with Crippen LogP contribution in [0.3, 0.4) is 0 Å². The van der Waals surface area contributed by atoms with E-state index >= 15 is 0 Å². The largest absolute Gasteiger partial charge is 0.497 e. The normalized spacial score (nSPS) is 20.8. The van der Waals surface area contributed by atoms with Gasteiger partial charge in [-0.2, -0.15) is 0 Å². The molecule has 0 aliphatic carbocycles. The summed E-state index contributed by atoms with van der Waals surface area (Å²) >= 11 is 1.35. The van der Waals surface area contributed by atoms with Crippen molar-refractivity contribution in [3.63, 3.8) is 0 Å². The second kappa shape index (κ2) is 10.5. The molecule has 1 aromatic heterocycles. The molecule has 5 rings (SSSR count). The van der Waals surface area contributed by atoms with E-state index in [-0.39, 0.29) is 23.9 Å². The van der Waals surface area contributed by atoms with Crippen LogP contribution >= 0.6 is 11.8 Å². The molecule has 1 unspecified atom stereocenters. The highest BCUT2D eigenvalue weighted by molar-refractivity contribution is 8.00. The number of amides is 1. The molecule has 0 saturated carbocycles. The van der Waals surface area contributed by atoms with Crippen molar-refractivity contribution in [3.05, 3.63) is 59.5 Å². The first-order chi connectivity index (χ1) is 17.0. The summed E-state index contributed by atoms with van der Waals surface area (Å²) in [5.74, 6) is 0.684. The van der Waals surface area contributed by atoms with Gasteiger partial charge in [0.25, 0.3) is 0 Å². The number of hydrogen-bond acceptors (Lipinski definition) is 7. The third-order valence-corrected chi connectivity index (χ3v) is 7.62. The van der Waals surface area contributed by atoms with Gasteiger partial charge in [-0.05, 0) is 54.8 Å². The molecule has 3 aromatic rings. The second-order valence-electron chi connectivity index (χ2n) is 8.92. The van der Waals surface area contributed by atoms with Crippen molar-refractivity contribution in [3.8, 4) is 5.75 Å². The average molecular weight is 498 g/mol. The summed E-state index contributed by atoms with van der Waals surface area (Å²) in [5.41, 5.74) is 2.80. The van der Waals surface area contributed by atoms with Gasteiger partial charge in [0.2, 0.25) is 5.91 Å². The highest BCUT2D eigenvalue weighted by Crippen LogP contribution is 2.34. The van der Waals surface area contributed by atoms with E-state index in [1.165, 1.54) is 17.8 Å². The van der Waals surface area contributed by atoms with Crippen LogP contribution in [0.15, 0.2) is 47.5 Å². The maximum Gasteiger partial charge on any atom is 0.234 e. The van der Waals surface area contributed by atoms with E-state index in [4.69, 9.17) is 9.47 Å². The molecule has 0 spiro atoms. The number of anilines is 1. The first kappa shape index (κ1) is 24.0. The van der Waals surface area contributed by atoms with Gasteiger partial charge >= 0.3 is 0 Å². The molecule has 2 aliphatic heterocycles. The number of fused-ring (bicyclic) bond motifs is 2. The van der Waals surface area contributed by atoms with Gasteiger partial charge in [-0.1, -0.05) is 0 Å². The van der Waals surface area contributed by atoms with Crippen molar-refractivity contribution in [2.75, 3.05) is 24.8 Å². The molecular formula is C26H28FN3O4S. The Labute approximate surface area is 207 Å². The quantitative estimate of drug-likeness (QED) is 0.451. The van der Waals surface area contributed by atoms with E-state index in [1.54, 1.807) is 19.4 Å². The fourth-order valence-electron chi connectivity index (χ4n) is 4.63. The van der Waals surface area contributed by atoms with E-state index in [0.717, 1.165) is 40.0 Å². The highest BCUT2D eigenvalue weighted by atomic mass is 32.2. The number of nitrogens with one attached hydrogen (secondary N) is 2. The molecule has 2 aromatic carbocycles. The number of thioether (sulfide) groups is 1. The lowest BCUT2D eigenvalue weighted by Crippen LogP contribution is -2.40. The number of carbonyl (C=O) groups excluding carboxylic acids is 1. The molecule has 9 heteroatoms. The van der Waals surface area contributed by atoms with Crippen LogP contribution in [0.5, 0.6) is 5.75 Å². The van der Waals surface area contributed by atoms with Gasteiger partial charge in [0, 0.05) is 41.0 Å². The Morgan fingerprint density at radius 2 is 2.20 bits per heavy atom. The van der Waals surface area contributed by atoms with Gasteiger partial charge in [0.1, 0.15) is 11.6 Å². The molecule has 3 N–H and O–H groups in total. The lowest BCUT2D eigenvalue weighted by Gasteiger charge is -2.31. The van der Waals surface area contributed by atoms with E-state index in [2.05, 4.69) is 15.6 Å². The predicted molar refractivity (Wildman–Crippen MR) is 133 cm³/mol. The number of benzene rings is 2. The van der Waals surface area contributed by atoms with Crippen LogP contribution in [0.4, 0.5) is 10.1 Å². The Balaban J connectivity index is 1.16.